The van der Waals surface area contributed by atoms with E-state index in [-0.39, 0.29) is 17.2 Å². The van der Waals surface area contributed by atoms with E-state index < -0.39 is 0 Å². The molecule has 1 fully saturated rings. The Morgan fingerprint density at radius 3 is 2.48 bits per heavy atom. The highest BCUT2D eigenvalue weighted by Gasteiger charge is 2.22. The molecule has 4 rings (SSSR count). The van der Waals surface area contributed by atoms with Crippen molar-refractivity contribution in [1.29, 1.82) is 0 Å². The standard InChI is InChI=1S/C25H30N4O3S/c1-2-12-29-24(31)21-10-6-7-11-22(21)26-25(29)33-19-23(30)28-15-13-27(14-16-28)17-18-32-20-8-4-3-5-9-20/h3-11H,2,12-19H2,1H3. The largest absolute Gasteiger partial charge is 0.492 e. The third kappa shape index (κ3) is 5.94. The molecule has 0 atom stereocenters. The van der Waals surface area contributed by atoms with Gasteiger partial charge in [-0.15, -0.1) is 0 Å². The highest BCUT2D eigenvalue weighted by molar-refractivity contribution is 7.99. The molecule has 0 unspecified atom stereocenters. The topological polar surface area (TPSA) is 67.7 Å². The van der Waals surface area contributed by atoms with Gasteiger partial charge in [0, 0.05) is 39.3 Å². The molecular weight excluding hydrogens is 436 g/mol. The Morgan fingerprint density at radius 1 is 1.00 bits per heavy atom. The first-order valence-corrected chi connectivity index (χ1v) is 12.4. The number of para-hydroxylation sites is 2. The number of ether oxygens (including phenoxy) is 1. The number of hydrogen-bond acceptors (Lipinski definition) is 6. The SMILES string of the molecule is CCCn1c(SCC(=O)N2CCN(CCOc3ccccc3)CC2)nc2ccccc2c1=O. The van der Waals surface area contributed by atoms with Gasteiger partial charge in [-0.25, -0.2) is 4.98 Å². The van der Waals surface area contributed by atoms with Crippen LogP contribution in [0.2, 0.25) is 0 Å². The number of thioether (sulfide) groups is 1. The molecule has 1 aliphatic rings. The lowest BCUT2D eigenvalue weighted by atomic mass is 10.2. The Labute approximate surface area is 198 Å². The summed E-state index contributed by atoms with van der Waals surface area (Å²) in [5.74, 6) is 1.25. The Morgan fingerprint density at radius 2 is 1.73 bits per heavy atom. The predicted molar refractivity (Wildman–Crippen MR) is 132 cm³/mol. The third-order valence-corrected chi connectivity index (χ3v) is 6.70. The van der Waals surface area contributed by atoms with Crippen LogP contribution in [0.25, 0.3) is 10.9 Å². The molecule has 1 aliphatic heterocycles. The van der Waals surface area contributed by atoms with Gasteiger partial charge in [0.05, 0.1) is 16.7 Å². The number of benzene rings is 2. The molecule has 174 valence electrons. The fraction of sp³-hybridized carbons (Fsp3) is 0.400. The van der Waals surface area contributed by atoms with Crippen molar-refractivity contribution in [2.24, 2.45) is 0 Å². The lowest BCUT2D eigenvalue weighted by molar-refractivity contribution is -0.130. The first-order chi connectivity index (χ1) is 16.2. The van der Waals surface area contributed by atoms with E-state index in [0.29, 0.717) is 42.3 Å². The highest BCUT2D eigenvalue weighted by Crippen LogP contribution is 2.19. The summed E-state index contributed by atoms with van der Waals surface area (Å²) in [4.78, 5) is 34.6. The van der Waals surface area contributed by atoms with E-state index >= 15 is 0 Å². The number of aromatic nitrogens is 2. The summed E-state index contributed by atoms with van der Waals surface area (Å²) >= 11 is 1.36. The quantitative estimate of drug-likeness (QED) is 0.357. The number of nitrogens with zero attached hydrogens (tertiary/aromatic N) is 4. The summed E-state index contributed by atoms with van der Waals surface area (Å²) in [7, 11) is 0. The number of carbonyl (C=O) groups is 1. The second kappa shape index (κ2) is 11.3. The number of amides is 1. The van der Waals surface area contributed by atoms with Crippen LogP contribution in [0, 0.1) is 0 Å². The van der Waals surface area contributed by atoms with Gasteiger partial charge in [0.1, 0.15) is 12.4 Å². The third-order valence-electron chi connectivity index (χ3n) is 5.74. The summed E-state index contributed by atoms with van der Waals surface area (Å²) < 4.78 is 7.48. The molecule has 2 heterocycles. The van der Waals surface area contributed by atoms with Crippen LogP contribution in [0.15, 0.2) is 64.5 Å². The van der Waals surface area contributed by atoms with Crippen molar-refractivity contribution in [2.75, 3.05) is 45.1 Å². The van der Waals surface area contributed by atoms with Crippen LogP contribution in [0.3, 0.4) is 0 Å². The molecule has 8 heteroatoms. The van der Waals surface area contributed by atoms with Gasteiger partial charge in [-0.3, -0.25) is 19.1 Å². The summed E-state index contributed by atoms with van der Waals surface area (Å²) in [5.41, 5.74) is 0.639. The molecule has 2 aromatic carbocycles. The maximum absolute atomic E-state index is 12.9. The molecule has 0 bridgehead atoms. The van der Waals surface area contributed by atoms with Crippen LogP contribution in [0.4, 0.5) is 0 Å². The van der Waals surface area contributed by atoms with Crippen LogP contribution < -0.4 is 10.3 Å². The zero-order valence-electron chi connectivity index (χ0n) is 19.0. The molecule has 0 radical (unpaired) electrons. The molecule has 0 N–H and O–H groups in total. The lowest BCUT2D eigenvalue weighted by Crippen LogP contribution is -2.50. The minimum atomic E-state index is -0.0382. The molecule has 33 heavy (non-hydrogen) atoms. The summed E-state index contributed by atoms with van der Waals surface area (Å²) in [6.45, 7) is 7.19. The highest BCUT2D eigenvalue weighted by atomic mass is 32.2. The molecule has 3 aromatic rings. The molecule has 0 saturated carbocycles. The van der Waals surface area contributed by atoms with Crippen LogP contribution in [-0.2, 0) is 11.3 Å². The maximum Gasteiger partial charge on any atom is 0.262 e. The van der Waals surface area contributed by atoms with Gasteiger partial charge in [0.15, 0.2) is 5.16 Å². The Hall–Kier alpha value is -2.84. The smallest absolute Gasteiger partial charge is 0.262 e. The average Bonchev–Trinajstić information content (AvgIpc) is 2.86. The molecule has 1 aromatic heterocycles. The minimum absolute atomic E-state index is 0.0382. The van der Waals surface area contributed by atoms with Crippen molar-refractivity contribution in [3.8, 4) is 5.75 Å². The first-order valence-electron chi connectivity index (χ1n) is 11.5. The van der Waals surface area contributed by atoms with Crippen LogP contribution in [-0.4, -0.2) is 70.3 Å². The van der Waals surface area contributed by atoms with Crippen molar-refractivity contribution >= 4 is 28.6 Å². The van der Waals surface area contributed by atoms with E-state index in [4.69, 9.17) is 4.74 Å². The van der Waals surface area contributed by atoms with Crippen molar-refractivity contribution in [3.63, 3.8) is 0 Å². The van der Waals surface area contributed by atoms with Crippen molar-refractivity contribution in [1.82, 2.24) is 19.4 Å². The van der Waals surface area contributed by atoms with Crippen molar-refractivity contribution in [3.05, 3.63) is 65.0 Å². The summed E-state index contributed by atoms with van der Waals surface area (Å²) in [6.07, 6.45) is 0.831. The molecule has 7 nitrogen and oxygen atoms in total. The number of fused-ring (bicyclic) bond motifs is 1. The molecule has 1 amide bonds. The molecule has 0 spiro atoms. The lowest BCUT2D eigenvalue weighted by Gasteiger charge is -2.34. The van der Waals surface area contributed by atoms with Gasteiger partial charge in [-0.2, -0.15) is 0 Å². The minimum Gasteiger partial charge on any atom is -0.492 e. The normalized spacial score (nSPS) is 14.5. The van der Waals surface area contributed by atoms with Gasteiger partial charge in [0.2, 0.25) is 5.91 Å². The first kappa shape index (κ1) is 23.3. The second-order valence-electron chi connectivity index (χ2n) is 8.04. The van der Waals surface area contributed by atoms with E-state index in [9.17, 15) is 9.59 Å². The molecule has 0 aliphatic carbocycles. The number of rotatable bonds is 9. The number of hydrogen-bond donors (Lipinski definition) is 0. The van der Waals surface area contributed by atoms with Gasteiger partial charge >= 0.3 is 0 Å². The van der Waals surface area contributed by atoms with E-state index in [1.807, 2.05) is 60.4 Å². The van der Waals surface area contributed by atoms with Crippen molar-refractivity contribution in [2.45, 2.75) is 25.0 Å². The Kier molecular flexibility index (Phi) is 8.01. The molecule has 1 saturated heterocycles. The zero-order chi connectivity index (χ0) is 23.0. The summed E-state index contributed by atoms with van der Waals surface area (Å²) in [6, 6.07) is 17.2. The van der Waals surface area contributed by atoms with E-state index in [2.05, 4.69) is 9.88 Å². The van der Waals surface area contributed by atoms with Gasteiger partial charge in [-0.1, -0.05) is 49.0 Å². The Balaban J connectivity index is 1.28. The van der Waals surface area contributed by atoms with Crippen LogP contribution in [0.5, 0.6) is 5.75 Å². The van der Waals surface area contributed by atoms with Crippen LogP contribution >= 0.6 is 11.8 Å². The summed E-state index contributed by atoms with van der Waals surface area (Å²) in [5, 5.41) is 1.24. The van der Waals surface area contributed by atoms with Gasteiger partial charge in [0.25, 0.3) is 5.56 Å². The van der Waals surface area contributed by atoms with Gasteiger partial charge < -0.3 is 9.64 Å². The zero-order valence-corrected chi connectivity index (χ0v) is 19.8. The predicted octanol–water partition coefficient (Wildman–Crippen LogP) is 3.12. The Bertz CT molecular complexity index is 1130. The average molecular weight is 467 g/mol. The van der Waals surface area contributed by atoms with Crippen LogP contribution in [0.1, 0.15) is 13.3 Å². The molecular formula is C25H30N4O3S. The van der Waals surface area contributed by atoms with E-state index in [0.717, 1.165) is 31.8 Å². The second-order valence-corrected chi connectivity index (χ2v) is 8.98. The van der Waals surface area contributed by atoms with E-state index in [1.54, 1.807) is 10.6 Å². The number of carbonyl (C=O) groups excluding carboxylic acids is 1. The van der Waals surface area contributed by atoms with Crippen molar-refractivity contribution < 1.29 is 9.53 Å². The monoisotopic (exact) mass is 466 g/mol. The maximum atomic E-state index is 12.9. The fourth-order valence-corrected chi connectivity index (χ4v) is 4.85. The van der Waals surface area contributed by atoms with Gasteiger partial charge in [-0.05, 0) is 30.7 Å². The number of piperazine rings is 1. The fourth-order valence-electron chi connectivity index (χ4n) is 3.93. The van der Waals surface area contributed by atoms with E-state index in [1.165, 1.54) is 11.8 Å².